The van der Waals surface area contributed by atoms with Crippen LogP contribution in [0.15, 0.2) is 18.2 Å². The van der Waals surface area contributed by atoms with Crippen molar-refractivity contribution < 1.29 is 8.42 Å². The van der Waals surface area contributed by atoms with Crippen LogP contribution in [0.2, 0.25) is 0 Å². The van der Waals surface area contributed by atoms with Crippen molar-refractivity contribution >= 4 is 32.5 Å². The van der Waals surface area contributed by atoms with Gasteiger partial charge in [0.25, 0.3) is 0 Å². The summed E-state index contributed by atoms with van der Waals surface area (Å²) >= 11 is 6.20. The second-order valence-corrected chi connectivity index (χ2v) is 8.08. The second-order valence-electron chi connectivity index (χ2n) is 5.16. The van der Waals surface area contributed by atoms with Crippen LogP contribution in [-0.4, -0.2) is 30.0 Å². The van der Waals surface area contributed by atoms with Crippen LogP contribution in [0.25, 0.3) is 11.0 Å². The van der Waals surface area contributed by atoms with Crippen molar-refractivity contribution in [3.63, 3.8) is 0 Å². The maximum absolute atomic E-state index is 11.3. The van der Waals surface area contributed by atoms with E-state index in [1.807, 2.05) is 36.6 Å². The Morgan fingerprint density at radius 1 is 1.40 bits per heavy atom. The van der Waals surface area contributed by atoms with Gasteiger partial charge >= 0.3 is 0 Å². The Kier molecular flexibility index (Phi) is 4.39. The lowest BCUT2D eigenvalue weighted by Crippen LogP contribution is -2.10. The van der Waals surface area contributed by atoms with E-state index in [1.165, 1.54) is 6.26 Å². The maximum atomic E-state index is 11.3. The number of rotatable bonds is 5. The van der Waals surface area contributed by atoms with E-state index in [0.717, 1.165) is 22.4 Å². The van der Waals surface area contributed by atoms with Crippen molar-refractivity contribution in [3.8, 4) is 0 Å². The van der Waals surface area contributed by atoms with Gasteiger partial charge in [-0.05, 0) is 31.9 Å². The van der Waals surface area contributed by atoms with E-state index < -0.39 is 9.84 Å². The van der Waals surface area contributed by atoms with Gasteiger partial charge in [0.05, 0.1) is 22.2 Å². The van der Waals surface area contributed by atoms with Crippen LogP contribution >= 0.6 is 11.6 Å². The molecule has 0 saturated heterocycles. The molecule has 0 aliphatic heterocycles. The average molecular weight is 315 g/mol. The Hall–Kier alpha value is -1.07. The molecule has 0 saturated carbocycles. The van der Waals surface area contributed by atoms with Gasteiger partial charge in [-0.25, -0.2) is 13.4 Å². The molecule has 0 fully saturated rings. The minimum absolute atomic E-state index is 0.175. The van der Waals surface area contributed by atoms with Gasteiger partial charge in [0.2, 0.25) is 0 Å². The zero-order valence-corrected chi connectivity index (χ0v) is 13.5. The SMILES string of the molecule is Cc1cccc2nc(C(C)Cl)n(CCCS(C)(=O)=O)c12. The highest BCUT2D eigenvalue weighted by atomic mass is 35.5. The smallest absolute Gasteiger partial charge is 0.147 e. The van der Waals surface area contributed by atoms with Gasteiger partial charge < -0.3 is 4.57 Å². The van der Waals surface area contributed by atoms with E-state index in [-0.39, 0.29) is 11.1 Å². The van der Waals surface area contributed by atoms with E-state index in [1.54, 1.807) is 0 Å². The van der Waals surface area contributed by atoms with E-state index in [9.17, 15) is 8.42 Å². The highest BCUT2D eigenvalue weighted by Crippen LogP contribution is 2.26. The van der Waals surface area contributed by atoms with Gasteiger partial charge in [0.15, 0.2) is 0 Å². The summed E-state index contributed by atoms with van der Waals surface area (Å²) in [5, 5.41) is -0.208. The summed E-state index contributed by atoms with van der Waals surface area (Å²) in [7, 11) is -2.94. The molecule has 20 heavy (non-hydrogen) atoms. The summed E-state index contributed by atoms with van der Waals surface area (Å²) in [5.74, 6) is 0.971. The predicted octanol–water partition coefficient (Wildman–Crippen LogP) is 3.08. The number of aryl methyl sites for hydroxylation is 2. The highest BCUT2D eigenvalue weighted by molar-refractivity contribution is 7.90. The van der Waals surface area contributed by atoms with Gasteiger partial charge in [-0.15, -0.1) is 11.6 Å². The molecule has 1 aromatic carbocycles. The number of halogens is 1. The van der Waals surface area contributed by atoms with E-state index >= 15 is 0 Å². The molecule has 6 heteroatoms. The van der Waals surface area contributed by atoms with Crippen LogP contribution in [0.1, 0.15) is 30.1 Å². The molecule has 0 radical (unpaired) electrons. The third kappa shape index (κ3) is 3.33. The molecule has 1 unspecified atom stereocenters. The number of hydrogen-bond acceptors (Lipinski definition) is 3. The topological polar surface area (TPSA) is 52.0 Å². The largest absolute Gasteiger partial charge is 0.326 e. The summed E-state index contributed by atoms with van der Waals surface area (Å²) in [5.41, 5.74) is 3.08. The summed E-state index contributed by atoms with van der Waals surface area (Å²) < 4.78 is 24.6. The molecule has 0 bridgehead atoms. The Morgan fingerprint density at radius 2 is 2.10 bits per heavy atom. The molecular formula is C14H19ClN2O2S. The molecular weight excluding hydrogens is 296 g/mol. The van der Waals surface area contributed by atoms with Crippen molar-refractivity contribution in [3.05, 3.63) is 29.6 Å². The maximum Gasteiger partial charge on any atom is 0.147 e. The van der Waals surface area contributed by atoms with Crippen LogP contribution in [0.3, 0.4) is 0 Å². The van der Waals surface area contributed by atoms with Crippen LogP contribution < -0.4 is 0 Å². The first-order valence-corrected chi connectivity index (χ1v) is 9.07. The Bertz CT molecular complexity index is 720. The summed E-state index contributed by atoms with van der Waals surface area (Å²) in [6.07, 6.45) is 1.82. The number of benzene rings is 1. The van der Waals surface area contributed by atoms with Gasteiger partial charge in [0, 0.05) is 12.8 Å². The fourth-order valence-electron chi connectivity index (χ4n) is 2.40. The molecule has 0 aliphatic carbocycles. The minimum atomic E-state index is -2.94. The summed E-state index contributed by atoms with van der Waals surface area (Å²) in [6, 6.07) is 5.95. The number of hydrogen-bond donors (Lipinski definition) is 0. The number of para-hydroxylation sites is 1. The number of fused-ring (bicyclic) bond motifs is 1. The second kappa shape index (κ2) is 5.74. The van der Waals surface area contributed by atoms with E-state index in [4.69, 9.17) is 11.6 Å². The van der Waals surface area contributed by atoms with Crippen molar-refractivity contribution in [1.29, 1.82) is 0 Å². The number of sulfone groups is 1. The number of nitrogens with zero attached hydrogens (tertiary/aromatic N) is 2. The molecule has 0 spiro atoms. The molecule has 4 nitrogen and oxygen atoms in total. The van der Waals surface area contributed by atoms with Crippen LogP contribution in [-0.2, 0) is 16.4 Å². The molecule has 1 aromatic heterocycles. The van der Waals surface area contributed by atoms with Crippen LogP contribution in [0, 0.1) is 6.92 Å². The molecule has 0 aliphatic rings. The first-order valence-electron chi connectivity index (χ1n) is 6.57. The number of imidazole rings is 1. The van der Waals surface area contributed by atoms with Gasteiger partial charge in [-0.2, -0.15) is 0 Å². The lowest BCUT2D eigenvalue weighted by molar-refractivity contribution is 0.590. The summed E-state index contributed by atoms with van der Waals surface area (Å²) in [6.45, 7) is 4.52. The monoisotopic (exact) mass is 314 g/mol. The molecule has 0 amide bonds. The lowest BCUT2D eigenvalue weighted by atomic mass is 10.2. The molecule has 0 N–H and O–H groups in total. The molecule has 110 valence electrons. The van der Waals surface area contributed by atoms with Gasteiger partial charge in [0.1, 0.15) is 15.7 Å². The lowest BCUT2D eigenvalue weighted by Gasteiger charge is -2.11. The van der Waals surface area contributed by atoms with Crippen molar-refractivity contribution in [2.75, 3.05) is 12.0 Å². The van der Waals surface area contributed by atoms with Gasteiger partial charge in [-0.1, -0.05) is 12.1 Å². The zero-order valence-electron chi connectivity index (χ0n) is 11.9. The Labute approximate surface area is 124 Å². The average Bonchev–Trinajstić information content (AvgIpc) is 2.68. The van der Waals surface area contributed by atoms with E-state index in [0.29, 0.717) is 13.0 Å². The molecule has 1 atom stereocenters. The van der Waals surface area contributed by atoms with Crippen LogP contribution in [0.4, 0.5) is 0 Å². The fourth-order valence-corrected chi connectivity index (χ4v) is 3.22. The third-order valence-corrected chi connectivity index (χ3v) is 4.48. The number of alkyl halides is 1. The van der Waals surface area contributed by atoms with E-state index in [2.05, 4.69) is 4.98 Å². The minimum Gasteiger partial charge on any atom is -0.326 e. The number of aromatic nitrogens is 2. The highest BCUT2D eigenvalue weighted by Gasteiger charge is 2.16. The van der Waals surface area contributed by atoms with Crippen molar-refractivity contribution in [2.45, 2.75) is 32.2 Å². The van der Waals surface area contributed by atoms with Crippen molar-refractivity contribution in [1.82, 2.24) is 9.55 Å². The standard InChI is InChI=1S/C14H19ClN2O2S/c1-10-6-4-7-12-13(10)17(14(16-12)11(2)15)8-5-9-20(3,18)19/h4,6-7,11H,5,8-9H2,1-3H3. The third-order valence-electron chi connectivity index (χ3n) is 3.25. The molecule has 1 heterocycles. The zero-order chi connectivity index (χ0) is 14.9. The van der Waals surface area contributed by atoms with Gasteiger partial charge in [-0.3, -0.25) is 0 Å². The molecule has 2 rings (SSSR count). The Balaban J connectivity index is 2.41. The van der Waals surface area contributed by atoms with Crippen molar-refractivity contribution in [2.24, 2.45) is 0 Å². The van der Waals surface area contributed by atoms with Crippen LogP contribution in [0.5, 0.6) is 0 Å². The quantitative estimate of drug-likeness (QED) is 0.797. The normalized spacial score (nSPS) is 13.8. The first-order chi connectivity index (χ1) is 9.29. The fraction of sp³-hybridized carbons (Fsp3) is 0.500. The predicted molar refractivity (Wildman–Crippen MR) is 83.1 cm³/mol. The first kappa shape index (κ1) is 15.3. The summed E-state index contributed by atoms with van der Waals surface area (Å²) in [4.78, 5) is 4.57. The molecule has 2 aromatic rings. The Morgan fingerprint density at radius 3 is 2.70 bits per heavy atom.